The maximum Gasteiger partial charge on any atom is 0.231 e. The molecule has 1 unspecified atom stereocenters. The molecule has 1 saturated heterocycles. The number of ether oxygens (including phenoxy) is 1. The van der Waals surface area contributed by atoms with E-state index in [1.54, 1.807) is 7.11 Å². The van der Waals surface area contributed by atoms with E-state index in [4.69, 9.17) is 4.74 Å². The number of hydrogen-bond acceptors (Lipinski definition) is 3. The molecule has 19 heavy (non-hydrogen) atoms. The summed E-state index contributed by atoms with van der Waals surface area (Å²) < 4.78 is 5.35. The smallest absolute Gasteiger partial charge is 0.231 e. The fourth-order valence-electron chi connectivity index (χ4n) is 3.04. The number of piperidine rings is 1. The molecule has 0 aliphatic carbocycles. The van der Waals surface area contributed by atoms with E-state index in [1.165, 1.54) is 0 Å². The fourth-order valence-corrected chi connectivity index (χ4v) is 3.04. The molecular formula is C15H20N2O2. The van der Waals surface area contributed by atoms with Gasteiger partial charge in [0.05, 0.1) is 12.0 Å². The molecule has 1 N–H and O–H groups in total. The monoisotopic (exact) mass is 260 g/mol. The third-order valence-corrected chi connectivity index (χ3v) is 4.22. The highest BCUT2D eigenvalue weighted by Gasteiger charge is 2.33. The third kappa shape index (κ3) is 2.32. The zero-order valence-corrected chi connectivity index (χ0v) is 11.3. The number of nitrogens with one attached hydrogen (secondary N) is 1. The molecule has 1 aromatic carbocycles. The molecule has 3 rings (SSSR count). The Balaban J connectivity index is 1.69. The van der Waals surface area contributed by atoms with Gasteiger partial charge in [0, 0.05) is 32.4 Å². The highest BCUT2D eigenvalue weighted by Crippen LogP contribution is 2.32. The predicted octanol–water partition coefficient (Wildman–Crippen LogP) is 1.83. The fraction of sp³-hybridized carbons (Fsp3) is 0.533. The standard InChI is InChI=1S/C15H20N2O2/c1-19-11-6-8-17(9-7-11)15(18)13-10-16-14-5-3-2-4-12(13)14/h2-5,11,13,16H,6-10H2,1H3. The molecule has 1 amide bonds. The van der Waals surface area contributed by atoms with Crippen LogP contribution in [0.15, 0.2) is 24.3 Å². The van der Waals surface area contributed by atoms with Gasteiger partial charge in [-0.3, -0.25) is 4.79 Å². The van der Waals surface area contributed by atoms with Crippen molar-refractivity contribution >= 4 is 11.6 Å². The Labute approximate surface area is 113 Å². The summed E-state index contributed by atoms with van der Waals surface area (Å²) in [5.74, 6) is 0.238. The van der Waals surface area contributed by atoms with Crippen LogP contribution >= 0.6 is 0 Å². The second-order valence-electron chi connectivity index (χ2n) is 5.28. The van der Waals surface area contributed by atoms with Gasteiger partial charge >= 0.3 is 0 Å². The van der Waals surface area contributed by atoms with E-state index >= 15 is 0 Å². The number of fused-ring (bicyclic) bond motifs is 1. The first-order valence-corrected chi connectivity index (χ1v) is 6.94. The van der Waals surface area contributed by atoms with Crippen molar-refractivity contribution in [3.8, 4) is 0 Å². The molecular weight excluding hydrogens is 240 g/mol. The van der Waals surface area contributed by atoms with Crippen LogP contribution in [0.2, 0.25) is 0 Å². The largest absolute Gasteiger partial charge is 0.384 e. The molecule has 1 atom stereocenters. The number of hydrogen-bond donors (Lipinski definition) is 1. The quantitative estimate of drug-likeness (QED) is 0.882. The zero-order chi connectivity index (χ0) is 13.2. The zero-order valence-electron chi connectivity index (χ0n) is 11.3. The minimum absolute atomic E-state index is 0.0182. The van der Waals surface area contributed by atoms with Crippen LogP contribution < -0.4 is 5.32 Å². The molecule has 2 heterocycles. The van der Waals surface area contributed by atoms with Gasteiger partial charge in [0.25, 0.3) is 0 Å². The number of likely N-dealkylation sites (tertiary alicyclic amines) is 1. The van der Waals surface area contributed by atoms with Crippen molar-refractivity contribution in [1.82, 2.24) is 4.90 Å². The lowest BCUT2D eigenvalue weighted by Gasteiger charge is -2.32. The van der Waals surface area contributed by atoms with Crippen LogP contribution in [-0.4, -0.2) is 43.7 Å². The van der Waals surface area contributed by atoms with Crippen LogP contribution in [0.5, 0.6) is 0 Å². The van der Waals surface area contributed by atoms with Crippen LogP contribution in [0.4, 0.5) is 5.69 Å². The predicted molar refractivity (Wildman–Crippen MR) is 74.3 cm³/mol. The van der Waals surface area contributed by atoms with E-state index in [1.807, 2.05) is 23.1 Å². The van der Waals surface area contributed by atoms with Gasteiger partial charge in [-0.2, -0.15) is 0 Å². The number of rotatable bonds is 2. The van der Waals surface area contributed by atoms with Crippen LogP contribution in [0, 0.1) is 0 Å². The van der Waals surface area contributed by atoms with Crippen LogP contribution in [0.1, 0.15) is 24.3 Å². The molecule has 0 spiro atoms. The Morgan fingerprint density at radius 1 is 1.32 bits per heavy atom. The first-order valence-electron chi connectivity index (χ1n) is 6.94. The summed E-state index contributed by atoms with van der Waals surface area (Å²) in [5, 5.41) is 3.32. The summed E-state index contributed by atoms with van der Waals surface area (Å²) in [6, 6.07) is 8.10. The molecule has 1 fully saturated rings. The normalized spacial score (nSPS) is 23.0. The number of methoxy groups -OCH3 is 1. The number of amides is 1. The molecule has 0 bridgehead atoms. The number of anilines is 1. The van der Waals surface area contributed by atoms with Crippen LogP contribution in [-0.2, 0) is 9.53 Å². The number of para-hydroxylation sites is 1. The maximum absolute atomic E-state index is 12.6. The maximum atomic E-state index is 12.6. The number of carbonyl (C=O) groups excluding carboxylic acids is 1. The molecule has 102 valence electrons. The third-order valence-electron chi connectivity index (χ3n) is 4.22. The van der Waals surface area contributed by atoms with Gasteiger partial charge in [-0.05, 0) is 24.5 Å². The van der Waals surface area contributed by atoms with E-state index in [2.05, 4.69) is 11.4 Å². The van der Waals surface area contributed by atoms with E-state index in [0.29, 0.717) is 6.10 Å². The van der Waals surface area contributed by atoms with Gasteiger partial charge < -0.3 is 15.0 Å². The summed E-state index contributed by atoms with van der Waals surface area (Å²) in [4.78, 5) is 14.6. The van der Waals surface area contributed by atoms with Gasteiger partial charge in [-0.1, -0.05) is 18.2 Å². The van der Waals surface area contributed by atoms with Crippen molar-refractivity contribution in [2.24, 2.45) is 0 Å². The van der Waals surface area contributed by atoms with Crippen LogP contribution in [0.3, 0.4) is 0 Å². The Bertz CT molecular complexity index is 467. The Morgan fingerprint density at radius 3 is 2.79 bits per heavy atom. The van der Waals surface area contributed by atoms with Crippen molar-refractivity contribution in [3.05, 3.63) is 29.8 Å². The lowest BCUT2D eigenvalue weighted by Crippen LogP contribution is -2.43. The van der Waals surface area contributed by atoms with Gasteiger partial charge in [0.15, 0.2) is 0 Å². The highest BCUT2D eigenvalue weighted by molar-refractivity contribution is 5.88. The first kappa shape index (κ1) is 12.5. The van der Waals surface area contributed by atoms with E-state index in [9.17, 15) is 4.79 Å². The molecule has 0 saturated carbocycles. The molecule has 0 radical (unpaired) electrons. The average Bonchev–Trinajstić information content (AvgIpc) is 2.90. The van der Waals surface area contributed by atoms with Gasteiger partial charge in [-0.15, -0.1) is 0 Å². The SMILES string of the molecule is COC1CCN(C(=O)C2CNc3ccccc32)CC1. The van der Waals surface area contributed by atoms with Crippen molar-refractivity contribution in [3.63, 3.8) is 0 Å². The topological polar surface area (TPSA) is 41.6 Å². The van der Waals surface area contributed by atoms with E-state index in [0.717, 1.165) is 43.7 Å². The first-order chi connectivity index (χ1) is 9.29. The summed E-state index contributed by atoms with van der Waals surface area (Å²) in [6.45, 7) is 2.36. The van der Waals surface area contributed by atoms with Gasteiger partial charge in [0.2, 0.25) is 5.91 Å². The Morgan fingerprint density at radius 2 is 2.05 bits per heavy atom. The minimum atomic E-state index is -0.0182. The minimum Gasteiger partial charge on any atom is -0.384 e. The summed E-state index contributed by atoms with van der Waals surface area (Å²) in [7, 11) is 1.75. The Kier molecular flexibility index (Phi) is 3.42. The molecule has 4 heteroatoms. The van der Waals surface area contributed by atoms with Crippen molar-refractivity contribution < 1.29 is 9.53 Å². The second-order valence-corrected chi connectivity index (χ2v) is 5.28. The molecule has 2 aliphatic rings. The second kappa shape index (κ2) is 5.21. The molecule has 2 aliphatic heterocycles. The summed E-state index contributed by atoms with van der Waals surface area (Å²) in [6.07, 6.45) is 2.21. The van der Waals surface area contributed by atoms with Gasteiger partial charge in [0.1, 0.15) is 0 Å². The van der Waals surface area contributed by atoms with Gasteiger partial charge in [-0.25, -0.2) is 0 Å². The van der Waals surface area contributed by atoms with Crippen molar-refractivity contribution in [2.45, 2.75) is 24.9 Å². The lowest BCUT2D eigenvalue weighted by molar-refractivity contribution is -0.134. The van der Waals surface area contributed by atoms with E-state index in [-0.39, 0.29) is 11.8 Å². The lowest BCUT2D eigenvalue weighted by atomic mass is 9.98. The average molecular weight is 260 g/mol. The van der Waals surface area contributed by atoms with Crippen molar-refractivity contribution in [2.75, 3.05) is 32.1 Å². The number of nitrogens with zero attached hydrogens (tertiary/aromatic N) is 1. The van der Waals surface area contributed by atoms with Crippen LogP contribution in [0.25, 0.3) is 0 Å². The molecule has 0 aromatic heterocycles. The molecule has 1 aromatic rings. The summed E-state index contributed by atoms with van der Waals surface area (Å²) >= 11 is 0. The highest BCUT2D eigenvalue weighted by atomic mass is 16.5. The Hall–Kier alpha value is -1.55. The van der Waals surface area contributed by atoms with Crippen molar-refractivity contribution in [1.29, 1.82) is 0 Å². The number of benzene rings is 1. The number of carbonyl (C=O) groups is 1. The summed E-state index contributed by atoms with van der Waals surface area (Å²) in [5.41, 5.74) is 2.24. The molecule has 4 nitrogen and oxygen atoms in total. The van der Waals surface area contributed by atoms with E-state index < -0.39 is 0 Å².